The predicted molar refractivity (Wildman–Crippen MR) is 54.0 cm³/mol. The second kappa shape index (κ2) is 6.21. The number of carbonyl (C=O) groups is 1. The van der Waals surface area contributed by atoms with E-state index < -0.39 is 0 Å². The molecule has 1 amide bonds. The van der Waals surface area contributed by atoms with Gasteiger partial charge in [-0.2, -0.15) is 0 Å². The van der Waals surface area contributed by atoms with Crippen molar-refractivity contribution in [2.75, 3.05) is 19.6 Å². The highest BCUT2D eigenvalue weighted by atomic mass is 16.3. The summed E-state index contributed by atoms with van der Waals surface area (Å²) >= 11 is 0. The summed E-state index contributed by atoms with van der Waals surface area (Å²) in [5, 5.41) is 5.75. The second-order valence-electron chi connectivity index (χ2n) is 2.96. The van der Waals surface area contributed by atoms with E-state index >= 15 is 0 Å². The maximum absolute atomic E-state index is 11.1. The van der Waals surface area contributed by atoms with E-state index in [2.05, 4.69) is 10.6 Å². The van der Waals surface area contributed by atoms with Crippen molar-refractivity contribution in [3.63, 3.8) is 0 Å². The van der Waals surface area contributed by atoms with Crippen LogP contribution in [0.2, 0.25) is 0 Å². The number of nitrogens with one attached hydrogen (secondary N) is 2. The molecular weight excluding hydrogens is 180 g/mol. The van der Waals surface area contributed by atoms with E-state index in [0.29, 0.717) is 13.1 Å². The Labute approximate surface area is 83.7 Å². The van der Waals surface area contributed by atoms with Crippen molar-refractivity contribution in [1.82, 2.24) is 10.6 Å². The lowest BCUT2D eigenvalue weighted by molar-refractivity contribution is -0.120. The highest BCUT2D eigenvalue weighted by Crippen LogP contribution is 1.99. The molecule has 1 aromatic heterocycles. The van der Waals surface area contributed by atoms with E-state index in [1.165, 1.54) is 0 Å². The summed E-state index contributed by atoms with van der Waals surface area (Å²) in [7, 11) is 0. The molecule has 4 heteroatoms. The molecule has 1 heterocycles. The van der Waals surface area contributed by atoms with Crippen LogP contribution in [0.15, 0.2) is 22.8 Å². The number of furan rings is 1. The number of amides is 1. The molecule has 0 fully saturated rings. The summed E-state index contributed by atoms with van der Waals surface area (Å²) in [5.74, 6) is 0.923. The lowest BCUT2D eigenvalue weighted by Gasteiger charge is -2.03. The van der Waals surface area contributed by atoms with Gasteiger partial charge in [0.1, 0.15) is 5.76 Å². The molecule has 0 atom stereocenters. The van der Waals surface area contributed by atoms with Crippen LogP contribution >= 0.6 is 0 Å². The molecule has 0 bridgehead atoms. The Balaban J connectivity index is 2.06. The summed E-state index contributed by atoms with van der Waals surface area (Å²) in [6.07, 6.45) is 2.38. The van der Waals surface area contributed by atoms with Gasteiger partial charge < -0.3 is 15.1 Å². The van der Waals surface area contributed by atoms with Crippen LogP contribution in [0.25, 0.3) is 0 Å². The Morgan fingerprint density at radius 1 is 1.57 bits per heavy atom. The van der Waals surface area contributed by atoms with Gasteiger partial charge in [0.25, 0.3) is 0 Å². The average molecular weight is 196 g/mol. The molecule has 0 radical (unpaired) electrons. The molecule has 0 aliphatic carbocycles. The van der Waals surface area contributed by atoms with E-state index in [1.54, 1.807) is 6.26 Å². The molecule has 78 valence electrons. The largest absolute Gasteiger partial charge is 0.469 e. The maximum atomic E-state index is 11.1. The fourth-order valence-electron chi connectivity index (χ4n) is 1.08. The third-order valence-corrected chi connectivity index (χ3v) is 1.81. The molecule has 0 aromatic carbocycles. The van der Waals surface area contributed by atoms with Crippen LogP contribution in [-0.4, -0.2) is 25.5 Å². The van der Waals surface area contributed by atoms with Crippen molar-refractivity contribution < 1.29 is 9.21 Å². The van der Waals surface area contributed by atoms with Gasteiger partial charge in [-0.3, -0.25) is 4.79 Å². The van der Waals surface area contributed by atoms with Crippen LogP contribution in [0.4, 0.5) is 0 Å². The first-order valence-electron chi connectivity index (χ1n) is 4.82. The van der Waals surface area contributed by atoms with Crippen molar-refractivity contribution >= 4 is 5.91 Å². The fourth-order valence-corrected chi connectivity index (χ4v) is 1.08. The lowest BCUT2D eigenvalue weighted by atomic mass is 10.3. The van der Waals surface area contributed by atoms with Crippen molar-refractivity contribution in [1.29, 1.82) is 0 Å². The van der Waals surface area contributed by atoms with Gasteiger partial charge in [0.15, 0.2) is 0 Å². The van der Waals surface area contributed by atoms with Gasteiger partial charge in [-0.25, -0.2) is 0 Å². The summed E-state index contributed by atoms with van der Waals surface area (Å²) in [4.78, 5) is 11.1. The predicted octanol–water partition coefficient (Wildman–Crippen LogP) is 0.548. The first-order valence-corrected chi connectivity index (χ1v) is 4.82. The summed E-state index contributed by atoms with van der Waals surface area (Å²) in [5.41, 5.74) is 0. The van der Waals surface area contributed by atoms with Gasteiger partial charge in [0.2, 0.25) is 5.91 Å². The van der Waals surface area contributed by atoms with Crippen LogP contribution < -0.4 is 10.6 Å². The Bertz CT molecular complexity index is 257. The van der Waals surface area contributed by atoms with Gasteiger partial charge >= 0.3 is 0 Å². The zero-order chi connectivity index (χ0) is 10.2. The smallest absolute Gasteiger partial charge is 0.233 e. The van der Waals surface area contributed by atoms with Crippen LogP contribution in [-0.2, 0) is 11.2 Å². The molecule has 1 rings (SSSR count). The van der Waals surface area contributed by atoms with E-state index in [0.717, 1.165) is 18.7 Å². The molecule has 0 saturated carbocycles. The molecular formula is C10H16N2O2. The fraction of sp³-hybridized carbons (Fsp3) is 0.500. The normalized spacial score (nSPS) is 10.1. The molecule has 0 saturated heterocycles. The van der Waals surface area contributed by atoms with Crippen molar-refractivity contribution in [2.24, 2.45) is 0 Å². The molecule has 1 aromatic rings. The van der Waals surface area contributed by atoms with Crippen molar-refractivity contribution in [2.45, 2.75) is 13.3 Å². The van der Waals surface area contributed by atoms with Gasteiger partial charge in [-0.1, -0.05) is 6.92 Å². The first-order chi connectivity index (χ1) is 6.83. The van der Waals surface area contributed by atoms with Gasteiger partial charge in [-0.05, 0) is 18.7 Å². The zero-order valence-electron chi connectivity index (χ0n) is 8.38. The van der Waals surface area contributed by atoms with Gasteiger partial charge in [0, 0.05) is 13.0 Å². The quantitative estimate of drug-likeness (QED) is 0.698. The molecule has 0 aliphatic heterocycles. The number of hydrogen-bond donors (Lipinski definition) is 2. The highest BCUT2D eigenvalue weighted by molar-refractivity contribution is 5.77. The summed E-state index contributed by atoms with van der Waals surface area (Å²) < 4.78 is 5.13. The minimum absolute atomic E-state index is 0.0263. The van der Waals surface area contributed by atoms with E-state index in [-0.39, 0.29) is 5.91 Å². The lowest BCUT2D eigenvalue weighted by Crippen LogP contribution is -2.34. The third-order valence-electron chi connectivity index (χ3n) is 1.81. The standard InChI is InChI=1S/C10H16N2O2/c1-2-11-8-10(13)12-6-5-9-4-3-7-14-9/h3-4,7,11H,2,5-6,8H2,1H3,(H,12,13). The second-order valence-corrected chi connectivity index (χ2v) is 2.96. The van der Waals surface area contributed by atoms with Crippen LogP contribution in [0, 0.1) is 0 Å². The zero-order valence-corrected chi connectivity index (χ0v) is 8.38. The number of rotatable bonds is 6. The number of hydrogen-bond acceptors (Lipinski definition) is 3. The Morgan fingerprint density at radius 3 is 3.07 bits per heavy atom. The molecule has 4 nitrogen and oxygen atoms in total. The van der Waals surface area contributed by atoms with Crippen molar-refractivity contribution in [3.05, 3.63) is 24.2 Å². The minimum atomic E-state index is 0.0263. The van der Waals surface area contributed by atoms with Crippen molar-refractivity contribution in [3.8, 4) is 0 Å². The number of carbonyl (C=O) groups excluding carboxylic acids is 1. The molecule has 2 N–H and O–H groups in total. The van der Waals surface area contributed by atoms with E-state index in [4.69, 9.17) is 4.42 Å². The van der Waals surface area contributed by atoms with Gasteiger partial charge in [0.05, 0.1) is 12.8 Å². The van der Waals surface area contributed by atoms with E-state index in [9.17, 15) is 4.79 Å². The summed E-state index contributed by atoms with van der Waals surface area (Å²) in [6, 6.07) is 3.74. The Kier molecular flexibility index (Phi) is 4.78. The minimum Gasteiger partial charge on any atom is -0.469 e. The third kappa shape index (κ3) is 4.09. The Hall–Kier alpha value is -1.29. The maximum Gasteiger partial charge on any atom is 0.233 e. The topological polar surface area (TPSA) is 54.3 Å². The SMILES string of the molecule is CCNCC(=O)NCCc1ccco1. The molecule has 0 unspecified atom stereocenters. The Morgan fingerprint density at radius 2 is 2.43 bits per heavy atom. The first kappa shape index (κ1) is 10.8. The van der Waals surface area contributed by atoms with Crippen LogP contribution in [0.1, 0.15) is 12.7 Å². The molecule has 0 spiro atoms. The highest BCUT2D eigenvalue weighted by Gasteiger charge is 1.99. The van der Waals surface area contributed by atoms with Crippen LogP contribution in [0.5, 0.6) is 0 Å². The van der Waals surface area contributed by atoms with Crippen LogP contribution in [0.3, 0.4) is 0 Å². The van der Waals surface area contributed by atoms with E-state index in [1.807, 2.05) is 19.1 Å². The monoisotopic (exact) mass is 196 g/mol. The summed E-state index contributed by atoms with van der Waals surface area (Å²) in [6.45, 7) is 3.79. The molecule has 14 heavy (non-hydrogen) atoms. The molecule has 0 aliphatic rings. The average Bonchev–Trinajstić information content (AvgIpc) is 2.67. The van der Waals surface area contributed by atoms with Gasteiger partial charge in [-0.15, -0.1) is 0 Å². The number of likely N-dealkylation sites (N-methyl/N-ethyl adjacent to an activating group) is 1.